The number of ether oxygens (including phenoxy) is 1. The fourth-order valence-corrected chi connectivity index (χ4v) is 1.79. The van der Waals surface area contributed by atoms with E-state index in [0.717, 1.165) is 5.82 Å². The minimum absolute atomic E-state index is 0.180. The van der Waals surface area contributed by atoms with Crippen LogP contribution in [0.4, 0.5) is 0 Å². The summed E-state index contributed by atoms with van der Waals surface area (Å²) in [6, 6.07) is 1.78. The van der Waals surface area contributed by atoms with Gasteiger partial charge in [-0.25, -0.2) is 9.97 Å². The normalized spacial score (nSPS) is 15.7. The molecule has 1 aliphatic heterocycles. The number of carbonyl (C=O) groups is 1. The summed E-state index contributed by atoms with van der Waals surface area (Å²) in [4.78, 5) is 21.9. The van der Waals surface area contributed by atoms with E-state index in [0.29, 0.717) is 45.8 Å². The van der Waals surface area contributed by atoms with Crippen molar-refractivity contribution < 1.29 is 9.53 Å². The highest BCUT2D eigenvalue weighted by atomic mass is 16.5. The molecule has 0 radical (unpaired) electrons. The Morgan fingerprint density at radius 3 is 2.78 bits per heavy atom. The molecule has 0 aromatic carbocycles. The molecule has 1 aliphatic rings. The van der Waals surface area contributed by atoms with Gasteiger partial charge in [-0.05, 0) is 6.07 Å². The van der Waals surface area contributed by atoms with E-state index in [-0.39, 0.29) is 5.91 Å². The van der Waals surface area contributed by atoms with Crippen molar-refractivity contribution in [2.45, 2.75) is 13.0 Å². The smallest absolute Gasteiger partial charge is 0.224 e. The lowest BCUT2D eigenvalue weighted by Crippen LogP contribution is -2.41. The van der Waals surface area contributed by atoms with Gasteiger partial charge < -0.3 is 15.0 Å². The molecule has 0 saturated carbocycles. The summed E-state index contributed by atoms with van der Waals surface area (Å²) in [5.74, 6) is 0.927. The van der Waals surface area contributed by atoms with Crippen LogP contribution in [0, 0.1) is 0 Å². The summed E-state index contributed by atoms with van der Waals surface area (Å²) in [5.41, 5.74) is 0. The molecule has 2 rings (SSSR count). The van der Waals surface area contributed by atoms with Crippen LogP contribution >= 0.6 is 0 Å². The third kappa shape index (κ3) is 4.05. The van der Waals surface area contributed by atoms with Gasteiger partial charge in [0.1, 0.15) is 5.82 Å². The standard InChI is InChI=1S/C12H18N4O2/c17-12(16-6-8-18-9-7-16)2-5-13-10-11-14-3-1-4-15-11/h1,3-4,13H,2,5-10H2. The van der Waals surface area contributed by atoms with Gasteiger partial charge in [-0.1, -0.05) is 0 Å². The Morgan fingerprint density at radius 2 is 2.06 bits per heavy atom. The quantitative estimate of drug-likeness (QED) is 0.734. The van der Waals surface area contributed by atoms with Gasteiger partial charge in [0.25, 0.3) is 0 Å². The van der Waals surface area contributed by atoms with Gasteiger partial charge in [-0.2, -0.15) is 0 Å². The van der Waals surface area contributed by atoms with Crippen LogP contribution in [0.2, 0.25) is 0 Å². The lowest BCUT2D eigenvalue weighted by Gasteiger charge is -2.26. The van der Waals surface area contributed by atoms with Gasteiger partial charge >= 0.3 is 0 Å². The van der Waals surface area contributed by atoms with Gasteiger partial charge in [0.2, 0.25) is 5.91 Å². The van der Waals surface area contributed by atoms with Crippen molar-refractivity contribution in [1.82, 2.24) is 20.2 Å². The number of carbonyl (C=O) groups excluding carboxylic acids is 1. The van der Waals surface area contributed by atoms with E-state index in [1.54, 1.807) is 18.5 Å². The van der Waals surface area contributed by atoms with Crippen molar-refractivity contribution in [2.75, 3.05) is 32.8 Å². The Hall–Kier alpha value is -1.53. The highest BCUT2D eigenvalue weighted by molar-refractivity contribution is 5.76. The predicted octanol–water partition coefficient (Wildman–Crippen LogP) is -0.185. The molecule has 98 valence electrons. The first-order chi connectivity index (χ1) is 8.86. The van der Waals surface area contributed by atoms with E-state index >= 15 is 0 Å². The second-order valence-corrected chi connectivity index (χ2v) is 4.08. The molecule has 1 saturated heterocycles. The molecule has 0 spiro atoms. The third-order valence-corrected chi connectivity index (χ3v) is 2.78. The zero-order valence-electron chi connectivity index (χ0n) is 10.3. The Labute approximate surface area is 106 Å². The summed E-state index contributed by atoms with van der Waals surface area (Å²) in [5, 5.41) is 3.17. The number of nitrogens with one attached hydrogen (secondary N) is 1. The molecule has 0 aliphatic carbocycles. The number of rotatable bonds is 5. The van der Waals surface area contributed by atoms with E-state index in [4.69, 9.17) is 4.74 Å². The minimum Gasteiger partial charge on any atom is -0.378 e. The average Bonchev–Trinajstić information content (AvgIpc) is 2.45. The van der Waals surface area contributed by atoms with Crippen LogP contribution in [0.25, 0.3) is 0 Å². The number of nitrogens with zero attached hydrogens (tertiary/aromatic N) is 3. The Balaban J connectivity index is 1.61. The number of morpholine rings is 1. The molecule has 6 nitrogen and oxygen atoms in total. The summed E-state index contributed by atoms with van der Waals surface area (Å²) >= 11 is 0. The molecule has 0 atom stereocenters. The van der Waals surface area contributed by atoms with Crippen LogP contribution in [0.15, 0.2) is 18.5 Å². The summed E-state index contributed by atoms with van der Waals surface area (Å²) in [6.45, 7) is 3.96. The molecule has 6 heteroatoms. The molecule has 1 aromatic rings. The van der Waals surface area contributed by atoms with Crippen LogP contribution in [-0.4, -0.2) is 53.6 Å². The Morgan fingerprint density at radius 1 is 1.33 bits per heavy atom. The van der Waals surface area contributed by atoms with E-state index in [1.807, 2.05) is 4.90 Å². The van der Waals surface area contributed by atoms with E-state index in [1.165, 1.54) is 0 Å². The summed E-state index contributed by atoms with van der Waals surface area (Å²) < 4.78 is 5.21. The van der Waals surface area contributed by atoms with E-state index in [9.17, 15) is 4.79 Å². The van der Waals surface area contributed by atoms with E-state index < -0.39 is 0 Å². The predicted molar refractivity (Wildman–Crippen MR) is 65.8 cm³/mol. The zero-order valence-corrected chi connectivity index (χ0v) is 10.3. The molecular weight excluding hydrogens is 232 g/mol. The fourth-order valence-electron chi connectivity index (χ4n) is 1.79. The molecule has 0 bridgehead atoms. The molecule has 2 heterocycles. The van der Waals surface area contributed by atoms with Crippen LogP contribution in [0.5, 0.6) is 0 Å². The van der Waals surface area contributed by atoms with Crippen molar-refractivity contribution in [3.63, 3.8) is 0 Å². The minimum atomic E-state index is 0.180. The van der Waals surface area contributed by atoms with Crippen LogP contribution < -0.4 is 5.32 Å². The zero-order chi connectivity index (χ0) is 12.6. The van der Waals surface area contributed by atoms with Crippen molar-refractivity contribution in [2.24, 2.45) is 0 Å². The largest absolute Gasteiger partial charge is 0.378 e. The number of aromatic nitrogens is 2. The lowest BCUT2D eigenvalue weighted by molar-refractivity contribution is -0.135. The van der Waals surface area contributed by atoms with Gasteiger partial charge in [-0.15, -0.1) is 0 Å². The Kier molecular flexibility index (Phi) is 5.04. The van der Waals surface area contributed by atoms with Gasteiger partial charge in [-0.3, -0.25) is 4.79 Å². The maximum Gasteiger partial charge on any atom is 0.224 e. The van der Waals surface area contributed by atoms with Crippen molar-refractivity contribution in [3.05, 3.63) is 24.3 Å². The highest BCUT2D eigenvalue weighted by Crippen LogP contribution is 1.99. The summed E-state index contributed by atoms with van der Waals surface area (Å²) in [6.07, 6.45) is 3.93. The molecular formula is C12H18N4O2. The molecule has 1 fully saturated rings. The average molecular weight is 250 g/mol. The molecule has 18 heavy (non-hydrogen) atoms. The molecule has 0 unspecified atom stereocenters. The number of hydrogen-bond donors (Lipinski definition) is 1. The van der Waals surface area contributed by atoms with Crippen LogP contribution in [-0.2, 0) is 16.1 Å². The first-order valence-corrected chi connectivity index (χ1v) is 6.18. The maximum atomic E-state index is 11.8. The van der Waals surface area contributed by atoms with Gasteiger partial charge in [0, 0.05) is 38.4 Å². The maximum absolute atomic E-state index is 11.8. The first kappa shape index (κ1) is 12.9. The van der Waals surface area contributed by atoms with Crippen LogP contribution in [0.1, 0.15) is 12.2 Å². The monoisotopic (exact) mass is 250 g/mol. The molecule has 1 aromatic heterocycles. The topological polar surface area (TPSA) is 67.4 Å². The summed E-state index contributed by atoms with van der Waals surface area (Å²) in [7, 11) is 0. The molecule has 1 N–H and O–H groups in total. The van der Waals surface area contributed by atoms with Crippen molar-refractivity contribution in [1.29, 1.82) is 0 Å². The number of amides is 1. The second-order valence-electron chi connectivity index (χ2n) is 4.08. The van der Waals surface area contributed by atoms with Crippen LogP contribution in [0.3, 0.4) is 0 Å². The highest BCUT2D eigenvalue weighted by Gasteiger charge is 2.15. The fraction of sp³-hybridized carbons (Fsp3) is 0.583. The first-order valence-electron chi connectivity index (χ1n) is 6.18. The third-order valence-electron chi connectivity index (χ3n) is 2.78. The Bertz CT molecular complexity index is 366. The SMILES string of the molecule is O=C(CCNCc1ncccn1)N1CCOCC1. The molecule has 1 amide bonds. The van der Waals surface area contributed by atoms with Crippen molar-refractivity contribution >= 4 is 5.91 Å². The lowest BCUT2D eigenvalue weighted by atomic mass is 10.3. The second kappa shape index (κ2) is 7.03. The van der Waals surface area contributed by atoms with Gasteiger partial charge in [0.15, 0.2) is 0 Å². The van der Waals surface area contributed by atoms with Crippen molar-refractivity contribution in [3.8, 4) is 0 Å². The van der Waals surface area contributed by atoms with E-state index in [2.05, 4.69) is 15.3 Å². The van der Waals surface area contributed by atoms with Gasteiger partial charge in [0.05, 0.1) is 19.8 Å². The number of hydrogen-bond acceptors (Lipinski definition) is 5.